The van der Waals surface area contributed by atoms with Gasteiger partial charge in [-0.15, -0.1) is 0 Å². The average molecular weight is 256 g/mol. The molecule has 0 bridgehead atoms. The van der Waals surface area contributed by atoms with E-state index in [9.17, 15) is 5.11 Å². The maximum atomic E-state index is 10.6. The van der Waals surface area contributed by atoms with Crippen LogP contribution in [0.2, 0.25) is 0 Å². The molecule has 0 radical (unpaired) electrons. The minimum absolute atomic E-state index is 0.179. The number of aliphatic hydroxyl groups is 1. The van der Waals surface area contributed by atoms with Gasteiger partial charge in [0, 0.05) is 19.2 Å². The van der Waals surface area contributed by atoms with E-state index in [0.29, 0.717) is 0 Å². The van der Waals surface area contributed by atoms with Gasteiger partial charge in [0.05, 0.1) is 12.0 Å². The number of hydrogen-bond acceptors (Lipinski definition) is 2. The molecule has 2 unspecified atom stereocenters. The molecule has 19 heavy (non-hydrogen) atoms. The predicted molar refractivity (Wildman–Crippen MR) is 75.0 cm³/mol. The fourth-order valence-electron chi connectivity index (χ4n) is 3.07. The highest BCUT2D eigenvalue weighted by Gasteiger charge is 2.28. The van der Waals surface area contributed by atoms with Crippen molar-refractivity contribution in [1.82, 2.24) is 9.55 Å². The van der Waals surface area contributed by atoms with E-state index in [1.165, 1.54) is 16.7 Å². The molecule has 0 amide bonds. The molecule has 1 aromatic carbocycles. The van der Waals surface area contributed by atoms with Crippen LogP contribution in [0.4, 0.5) is 0 Å². The summed E-state index contributed by atoms with van der Waals surface area (Å²) in [6.07, 6.45) is 6.47. The Balaban J connectivity index is 1.96. The van der Waals surface area contributed by atoms with Gasteiger partial charge in [0.1, 0.15) is 6.10 Å². The normalized spacial score (nSPS) is 20.1. The van der Waals surface area contributed by atoms with Gasteiger partial charge in [-0.1, -0.05) is 23.8 Å². The summed E-state index contributed by atoms with van der Waals surface area (Å²) < 4.78 is 1.89. The lowest BCUT2D eigenvalue weighted by molar-refractivity contribution is 0.132. The zero-order valence-corrected chi connectivity index (χ0v) is 11.5. The Hall–Kier alpha value is -1.61. The van der Waals surface area contributed by atoms with Crippen LogP contribution < -0.4 is 0 Å². The number of rotatable bonds is 2. The van der Waals surface area contributed by atoms with E-state index in [-0.39, 0.29) is 5.92 Å². The molecular weight excluding hydrogens is 236 g/mol. The molecular formula is C16H20N2O. The summed E-state index contributed by atoms with van der Waals surface area (Å²) in [6, 6.07) is 6.60. The summed E-state index contributed by atoms with van der Waals surface area (Å²) in [5.41, 5.74) is 4.74. The summed E-state index contributed by atoms with van der Waals surface area (Å²) in [6.45, 7) is 2.11. The van der Waals surface area contributed by atoms with Crippen LogP contribution in [0.25, 0.3) is 0 Å². The summed E-state index contributed by atoms with van der Waals surface area (Å²) in [5, 5.41) is 10.6. The maximum Gasteiger partial charge on any atom is 0.104 e. The van der Waals surface area contributed by atoms with Crippen molar-refractivity contribution in [3.05, 3.63) is 53.1 Å². The van der Waals surface area contributed by atoms with Crippen molar-refractivity contribution in [2.24, 2.45) is 7.05 Å². The largest absolute Gasteiger partial charge is 0.386 e. The van der Waals surface area contributed by atoms with E-state index in [1.807, 2.05) is 17.8 Å². The van der Waals surface area contributed by atoms with Crippen LogP contribution in [0.1, 0.15) is 47.2 Å². The van der Waals surface area contributed by atoms with Crippen LogP contribution in [0.15, 0.2) is 30.7 Å². The number of hydrogen-bond donors (Lipinski definition) is 1. The summed E-state index contributed by atoms with van der Waals surface area (Å²) in [5.74, 6) is 0.179. The molecule has 1 N–H and O–H groups in total. The van der Waals surface area contributed by atoms with E-state index < -0.39 is 6.10 Å². The predicted octanol–water partition coefficient (Wildman–Crippen LogP) is 2.88. The van der Waals surface area contributed by atoms with Crippen LogP contribution in [0.5, 0.6) is 0 Å². The number of aromatic nitrogens is 2. The summed E-state index contributed by atoms with van der Waals surface area (Å²) in [7, 11) is 1.93. The van der Waals surface area contributed by atoms with Crippen molar-refractivity contribution in [2.45, 2.75) is 38.2 Å². The summed E-state index contributed by atoms with van der Waals surface area (Å²) >= 11 is 0. The quantitative estimate of drug-likeness (QED) is 0.897. The van der Waals surface area contributed by atoms with Gasteiger partial charge < -0.3 is 9.67 Å². The number of nitrogens with zero attached hydrogens (tertiary/aromatic N) is 2. The molecule has 1 aromatic heterocycles. The number of benzene rings is 1. The molecule has 3 heteroatoms. The molecule has 2 atom stereocenters. The van der Waals surface area contributed by atoms with Crippen molar-refractivity contribution >= 4 is 0 Å². The Morgan fingerprint density at radius 2 is 2.26 bits per heavy atom. The number of imidazole rings is 1. The van der Waals surface area contributed by atoms with Gasteiger partial charge in [-0.2, -0.15) is 0 Å². The van der Waals surface area contributed by atoms with Gasteiger partial charge in [-0.05, 0) is 37.3 Å². The molecule has 0 aliphatic heterocycles. The highest BCUT2D eigenvalue weighted by atomic mass is 16.3. The van der Waals surface area contributed by atoms with Gasteiger partial charge in [0.15, 0.2) is 0 Å². The fourth-order valence-corrected chi connectivity index (χ4v) is 3.07. The molecule has 1 aliphatic rings. The third-order valence-electron chi connectivity index (χ3n) is 4.07. The van der Waals surface area contributed by atoms with Crippen molar-refractivity contribution in [3.63, 3.8) is 0 Å². The number of fused-ring (bicyclic) bond motifs is 1. The van der Waals surface area contributed by atoms with Crippen LogP contribution in [0.3, 0.4) is 0 Å². The van der Waals surface area contributed by atoms with Crippen LogP contribution >= 0.6 is 0 Å². The highest BCUT2D eigenvalue weighted by molar-refractivity contribution is 5.37. The second-order valence-corrected chi connectivity index (χ2v) is 5.61. The average Bonchev–Trinajstić information content (AvgIpc) is 2.84. The second-order valence-electron chi connectivity index (χ2n) is 5.61. The molecule has 100 valence electrons. The van der Waals surface area contributed by atoms with Crippen LogP contribution in [-0.4, -0.2) is 14.7 Å². The van der Waals surface area contributed by atoms with Gasteiger partial charge in [-0.3, -0.25) is 0 Å². The maximum absolute atomic E-state index is 10.6. The third-order valence-corrected chi connectivity index (χ3v) is 4.07. The van der Waals surface area contributed by atoms with Crippen molar-refractivity contribution in [1.29, 1.82) is 0 Å². The van der Waals surface area contributed by atoms with Crippen molar-refractivity contribution in [2.75, 3.05) is 0 Å². The Morgan fingerprint density at radius 1 is 1.42 bits per heavy atom. The van der Waals surface area contributed by atoms with E-state index in [2.05, 4.69) is 30.1 Å². The molecule has 0 fully saturated rings. The van der Waals surface area contributed by atoms with Crippen molar-refractivity contribution < 1.29 is 5.11 Å². The van der Waals surface area contributed by atoms with Crippen molar-refractivity contribution in [3.8, 4) is 0 Å². The van der Waals surface area contributed by atoms with Crippen LogP contribution in [0, 0.1) is 6.92 Å². The summed E-state index contributed by atoms with van der Waals surface area (Å²) in [4.78, 5) is 4.30. The first-order chi connectivity index (χ1) is 9.15. The first-order valence-electron chi connectivity index (χ1n) is 6.90. The second kappa shape index (κ2) is 4.82. The zero-order chi connectivity index (χ0) is 13.4. The van der Waals surface area contributed by atoms with Gasteiger partial charge in [0.25, 0.3) is 0 Å². The molecule has 0 saturated carbocycles. The Kier molecular flexibility index (Phi) is 3.15. The molecule has 3 nitrogen and oxygen atoms in total. The SMILES string of the molecule is Cc1ccc2c(c1)C(C(O)c1cn(C)cn1)CCC2. The minimum atomic E-state index is -0.498. The van der Waals surface area contributed by atoms with E-state index in [1.54, 1.807) is 6.33 Å². The zero-order valence-electron chi connectivity index (χ0n) is 11.5. The van der Waals surface area contributed by atoms with Gasteiger partial charge >= 0.3 is 0 Å². The smallest absolute Gasteiger partial charge is 0.104 e. The molecule has 3 rings (SSSR count). The fraction of sp³-hybridized carbons (Fsp3) is 0.438. The first-order valence-corrected chi connectivity index (χ1v) is 6.90. The minimum Gasteiger partial charge on any atom is -0.386 e. The number of aryl methyl sites for hydroxylation is 3. The molecule has 0 spiro atoms. The standard InChI is InChI=1S/C16H20N2O/c1-11-6-7-12-4-3-5-13(14(12)8-11)16(19)15-9-18(2)10-17-15/h6-10,13,16,19H,3-5H2,1-2H3. The molecule has 1 heterocycles. The van der Waals surface area contributed by atoms with E-state index in [0.717, 1.165) is 25.0 Å². The topological polar surface area (TPSA) is 38.0 Å². The third kappa shape index (κ3) is 2.30. The van der Waals surface area contributed by atoms with E-state index >= 15 is 0 Å². The Morgan fingerprint density at radius 3 is 3.00 bits per heavy atom. The van der Waals surface area contributed by atoms with E-state index in [4.69, 9.17) is 0 Å². The lowest BCUT2D eigenvalue weighted by Crippen LogP contribution is -2.17. The Bertz CT molecular complexity index is 588. The highest BCUT2D eigenvalue weighted by Crippen LogP contribution is 2.40. The molecule has 0 saturated heterocycles. The molecule has 1 aliphatic carbocycles. The lowest BCUT2D eigenvalue weighted by Gasteiger charge is -2.29. The first kappa shape index (κ1) is 12.4. The van der Waals surface area contributed by atoms with Crippen LogP contribution in [-0.2, 0) is 13.5 Å². The monoisotopic (exact) mass is 256 g/mol. The lowest BCUT2D eigenvalue weighted by atomic mass is 9.78. The van der Waals surface area contributed by atoms with Gasteiger partial charge in [-0.25, -0.2) is 4.98 Å². The number of aliphatic hydroxyl groups excluding tert-OH is 1. The van der Waals surface area contributed by atoms with Gasteiger partial charge in [0.2, 0.25) is 0 Å². The Labute approximate surface area is 113 Å². The molecule has 2 aromatic rings.